The van der Waals surface area contributed by atoms with Gasteiger partial charge in [-0.05, 0) is 31.6 Å². The van der Waals surface area contributed by atoms with Crippen molar-refractivity contribution in [3.8, 4) is 0 Å². The lowest BCUT2D eigenvalue weighted by atomic mass is 9.85. The standard InChI is InChI=1S/C16H30N2O2/c1-3-4-9-18(10-11-20-2)16(19)15-12-13-7-5-6-8-14(13)17-15/h13-15,17H,3-12H2,1-2H3. The van der Waals surface area contributed by atoms with Crippen LogP contribution in [0.4, 0.5) is 0 Å². The van der Waals surface area contributed by atoms with E-state index < -0.39 is 0 Å². The molecule has 2 aliphatic rings. The van der Waals surface area contributed by atoms with Crippen molar-refractivity contribution in [2.75, 3.05) is 26.8 Å². The number of nitrogens with one attached hydrogen (secondary N) is 1. The maximum Gasteiger partial charge on any atom is 0.239 e. The van der Waals surface area contributed by atoms with Crippen LogP contribution >= 0.6 is 0 Å². The summed E-state index contributed by atoms with van der Waals surface area (Å²) in [6.07, 6.45) is 8.45. The van der Waals surface area contributed by atoms with E-state index in [9.17, 15) is 4.79 Å². The SMILES string of the molecule is CCCCN(CCOC)C(=O)C1CC2CCCCC2N1. The molecule has 1 saturated heterocycles. The molecule has 1 aliphatic heterocycles. The summed E-state index contributed by atoms with van der Waals surface area (Å²) >= 11 is 0. The normalized spacial score (nSPS) is 29.2. The Morgan fingerprint density at radius 2 is 2.10 bits per heavy atom. The fourth-order valence-electron chi connectivity index (χ4n) is 3.61. The van der Waals surface area contributed by atoms with Crippen LogP contribution in [0.1, 0.15) is 51.9 Å². The van der Waals surface area contributed by atoms with E-state index in [1.165, 1.54) is 25.7 Å². The van der Waals surface area contributed by atoms with Crippen LogP contribution in [-0.4, -0.2) is 49.7 Å². The van der Waals surface area contributed by atoms with Gasteiger partial charge >= 0.3 is 0 Å². The summed E-state index contributed by atoms with van der Waals surface area (Å²) < 4.78 is 5.15. The van der Waals surface area contributed by atoms with Crippen LogP contribution < -0.4 is 5.32 Å². The molecule has 3 unspecified atom stereocenters. The molecule has 2 fully saturated rings. The first-order valence-electron chi connectivity index (χ1n) is 8.30. The Morgan fingerprint density at radius 1 is 1.30 bits per heavy atom. The second kappa shape index (κ2) is 7.99. The third kappa shape index (κ3) is 3.95. The minimum atomic E-state index is 0.0526. The fraction of sp³-hybridized carbons (Fsp3) is 0.938. The Hall–Kier alpha value is -0.610. The molecule has 2 rings (SSSR count). The molecular weight excluding hydrogens is 252 g/mol. The van der Waals surface area contributed by atoms with Crippen molar-refractivity contribution in [2.24, 2.45) is 5.92 Å². The smallest absolute Gasteiger partial charge is 0.239 e. The molecule has 0 aromatic rings. The Labute approximate surface area is 123 Å². The maximum absolute atomic E-state index is 12.7. The summed E-state index contributed by atoms with van der Waals surface area (Å²) in [7, 11) is 1.70. The molecule has 4 nitrogen and oxygen atoms in total. The lowest BCUT2D eigenvalue weighted by molar-refractivity contribution is -0.133. The number of hydrogen-bond acceptors (Lipinski definition) is 3. The van der Waals surface area contributed by atoms with Gasteiger partial charge in [0.05, 0.1) is 12.6 Å². The number of carbonyl (C=O) groups excluding carboxylic acids is 1. The van der Waals surface area contributed by atoms with Crippen molar-refractivity contribution in [1.29, 1.82) is 0 Å². The van der Waals surface area contributed by atoms with Gasteiger partial charge in [-0.15, -0.1) is 0 Å². The largest absolute Gasteiger partial charge is 0.383 e. The van der Waals surface area contributed by atoms with Crippen molar-refractivity contribution in [1.82, 2.24) is 10.2 Å². The molecule has 0 spiro atoms. The van der Waals surface area contributed by atoms with Crippen molar-refractivity contribution in [3.63, 3.8) is 0 Å². The van der Waals surface area contributed by atoms with Gasteiger partial charge < -0.3 is 15.0 Å². The van der Waals surface area contributed by atoms with Gasteiger partial charge in [0.25, 0.3) is 0 Å². The summed E-state index contributed by atoms with van der Waals surface area (Å²) in [6.45, 7) is 4.39. The van der Waals surface area contributed by atoms with E-state index in [2.05, 4.69) is 12.2 Å². The first-order valence-corrected chi connectivity index (χ1v) is 8.30. The van der Waals surface area contributed by atoms with Crippen LogP contribution in [0.25, 0.3) is 0 Å². The van der Waals surface area contributed by atoms with Crippen molar-refractivity contribution in [2.45, 2.75) is 64.0 Å². The molecule has 1 amide bonds. The van der Waals surface area contributed by atoms with E-state index in [0.717, 1.165) is 38.3 Å². The Morgan fingerprint density at radius 3 is 2.80 bits per heavy atom. The van der Waals surface area contributed by atoms with E-state index in [4.69, 9.17) is 4.74 Å². The highest BCUT2D eigenvalue weighted by Gasteiger charge is 2.39. The summed E-state index contributed by atoms with van der Waals surface area (Å²) in [4.78, 5) is 14.7. The van der Waals surface area contributed by atoms with Crippen LogP contribution in [-0.2, 0) is 9.53 Å². The van der Waals surface area contributed by atoms with Crippen molar-refractivity contribution >= 4 is 5.91 Å². The molecule has 4 heteroatoms. The average Bonchev–Trinajstić information content (AvgIpc) is 2.90. The average molecular weight is 282 g/mol. The maximum atomic E-state index is 12.7. The van der Waals surface area contributed by atoms with Crippen LogP contribution in [0, 0.1) is 5.92 Å². The van der Waals surface area contributed by atoms with Gasteiger partial charge in [-0.25, -0.2) is 0 Å². The molecule has 3 atom stereocenters. The second-order valence-corrected chi connectivity index (χ2v) is 6.28. The van der Waals surface area contributed by atoms with Gasteiger partial charge in [0.2, 0.25) is 5.91 Å². The number of nitrogens with zero attached hydrogens (tertiary/aromatic N) is 1. The lowest BCUT2D eigenvalue weighted by Gasteiger charge is -2.26. The summed E-state index contributed by atoms with van der Waals surface area (Å²) in [5.41, 5.74) is 0. The zero-order valence-corrected chi connectivity index (χ0v) is 13.1. The highest BCUT2D eigenvalue weighted by Crippen LogP contribution is 2.33. The van der Waals surface area contributed by atoms with E-state index in [0.29, 0.717) is 18.6 Å². The van der Waals surface area contributed by atoms with Gasteiger partial charge in [0.1, 0.15) is 0 Å². The monoisotopic (exact) mass is 282 g/mol. The minimum Gasteiger partial charge on any atom is -0.383 e. The molecule has 20 heavy (non-hydrogen) atoms. The summed E-state index contributed by atoms with van der Waals surface area (Å²) in [5.74, 6) is 1.03. The summed E-state index contributed by atoms with van der Waals surface area (Å²) in [5, 5.41) is 3.59. The van der Waals surface area contributed by atoms with Crippen LogP contribution in [0.5, 0.6) is 0 Å². The number of ether oxygens (including phenoxy) is 1. The molecule has 0 radical (unpaired) electrons. The second-order valence-electron chi connectivity index (χ2n) is 6.28. The van der Waals surface area contributed by atoms with Crippen LogP contribution in [0.2, 0.25) is 0 Å². The first-order chi connectivity index (χ1) is 9.76. The van der Waals surface area contributed by atoms with Crippen molar-refractivity contribution < 1.29 is 9.53 Å². The number of rotatable bonds is 7. The highest BCUT2D eigenvalue weighted by atomic mass is 16.5. The van der Waals surface area contributed by atoms with Gasteiger partial charge in [0.15, 0.2) is 0 Å². The number of unbranched alkanes of at least 4 members (excludes halogenated alkanes) is 1. The van der Waals surface area contributed by atoms with E-state index in [1.54, 1.807) is 7.11 Å². The number of carbonyl (C=O) groups is 1. The van der Waals surface area contributed by atoms with Gasteiger partial charge in [-0.1, -0.05) is 26.2 Å². The third-order valence-corrected chi connectivity index (χ3v) is 4.82. The van der Waals surface area contributed by atoms with E-state index >= 15 is 0 Å². The third-order valence-electron chi connectivity index (χ3n) is 4.82. The predicted molar refractivity (Wildman–Crippen MR) is 80.7 cm³/mol. The van der Waals surface area contributed by atoms with Gasteiger partial charge in [-0.2, -0.15) is 0 Å². The van der Waals surface area contributed by atoms with Crippen LogP contribution in [0.15, 0.2) is 0 Å². The quantitative estimate of drug-likeness (QED) is 0.778. The fourth-order valence-corrected chi connectivity index (χ4v) is 3.61. The van der Waals surface area contributed by atoms with Gasteiger partial charge in [-0.3, -0.25) is 4.79 Å². The first kappa shape index (κ1) is 15.8. The molecular formula is C16H30N2O2. The minimum absolute atomic E-state index is 0.0526. The number of amides is 1. The molecule has 0 aromatic carbocycles. The Balaban J connectivity index is 1.89. The van der Waals surface area contributed by atoms with Crippen LogP contribution in [0.3, 0.4) is 0 Å². The van der Waals surface area contributed by atoms with E-state index in [1.807, 2.05) is 4.90 Å². The zero-order valence-electron chi connectivity index (χ0n) is 13.1. The van der Waals surface area contributed by atoms with Gasteiger partial charge in [0, 0.05) is 26.2 Å². The molecule has 1 saturated carbocycles. The van der Waals surface area contributed by atoms with Crippen molar-refractivity contribution in [3.05, 3.63) is 0 Å². The Kier molecular flexibility index (Phi) is 6.30. The number of methoxy groups -OCH3 is 1. The molecule has 1 N–H and O–H groups in total. The molecule has 0 bridgehead atoms. The predicted octanol–water partition coefficient (Wildman–Crippen LogP) is 2.18. The summed E-state index contributed by atoms with van der Waals surface area (Å²) in [6, 6.07) is 0.643. The molecule has 116 valence electrons. The molecule has 0 aromatic heterocycles. The zero-order chi connectivity index (χ0) is 14.4. The number of hydrogen-bond donors (Lipinski definition) is 1. The Bertz CT molecular complexity index is 283. The number of fused-ring (bicyclic) bond motifs is 1. The topological polar surface area (TPSA) is 41.6 Å². The lowest BCUT2D eigenvalue weighted by Crippen LogP contribution is -2.46. The highest BCUT2D eigenvalue weighted by molar-refractivity contribution is 5.82. The molecule has 1 heterocycles. The molecule has 1 aliphatic carbocycles. The van der Waals surface area contributed by atoms with E-state index in [-0.39, 0.29) is 6.04 Å².